The number of hydrogen-bond donors (Lipinski definition) is 2. The lowest BCUT2D eigenvalue weighted by Gasteiger charge is -2.31. The van der Waals surface area contributed by atoms with Gasteiger partial charge in [0.1, 0.15) is 0 Å². The summed E-state index contributed by atoms with van der Waals surface area (Å²) in [5.41, 5.74) is 2.04. The monoisotopic (exact) mass is 258 g/mol. The van der Waals surface area contributed by atoms with Crippen LogP contribution >= 0.6 is 0 Å². The van der Waals surface area contributed by atoms with Gasteiger partial charge in [0, 0.05) is 25.2 Å². The van der Waals surface area contributed by atoms with Crippen molar-refractivity contribution in [3.63, 3.8) is 0 Å². The van der Waals surface area contributed by atoms with Gasteiger partial charge in [0.15, 0.2) is 0 Å². The third-order valence-electron chi connectivity index (χ3n) is 5.09. The van der Waals surface area contributed by atoms with Crippen molar-refractivity contribution in [2.45, 2.75) is 56.5 Å². The highest BCUT2D eigenvalue weighted by Gasteiger charge is 2.51. The molecule has 3 unspecified atom stereocenters. The first-order valence-corrected chi connectivity index (χ1v) is 7.47. The molecule has 1 aromatic carbocycles. The summed E-state index contributed by atoms with van der Waals surface area (Å²) in [6.07, 6.45) is 3.51. The predicted octanol–water partition coefficient (Wildman–Crippen LogP) is 1.82. The summed E-state index contributed by atoms with van der Waals surface area (Å²) in [6, 6.07) is 9.85. The summed E-state index contributed by atoms with van der Waals surface area (Å²) in [5, 5.41) is 14.7. The molecule has 4 rings (SSSR count). The average molecular weight is 258 g/mol. The van der Waals surface area contributed by atoms with Crippen LogP contribution in [-0.2, 0) is 6.54 Å². The molecule has 19 heavy (non-hydrogen) atoms. The van der Waals surface area contributed by atoms with Gasteiger partial charge >= 0.3 is 0 Å². The van der Waals surface area contributed by atoms with Gasteiger partial charge < -0.3 is 10.4 Å². The van der Waals surface area contributed by atoms with Crippen LogP contribution in [0.15, 0.2) is 24.3 Å². The molecule has 3 nitrogen and oxygen atoms in total. The quantitative estimate of drug-likeness (QED) is 0.849. The van der Waals surface area contributed by atoms with Gasteiger partial charge in [-0.25, -0.2) is 0 Å². The van der Waals surface area contributed by atoms with Gasteiger partial charge in [0.05, 0.1) is 11.6 Å². The predicted molar refractivity (Wildman–Crippen MR) is 74.8 cm³/mol. The molecule has 3 atom stereocenters. The summed E-state index contributed by atoms with van der Waals surface area (Å²) < 4.78 is 0. The zero-order valence-corrected chi connectivity index (χ0v) is 11.5. The van der Waals surface area contributed by atoms with Gasteiger partial charge in [0.25, 0.3) is 0 Å². The molecular formula is C16H22N2O. The summed E-state index contributed by atoms with van der Waals surface area (Å²) in [5.74, 6) is 0. The van der Waals surface area contributed by atoms with Crippen molar-refractivity contribution in [2.75, 3.05) is 6.54 Å². The van der Waals surface area contributed by atoms with E-state index in [1.807, 2.05) is 0 Å². The highest BCUT2D eigenvalue weighted by atomic mass is 16.3. The van der Waals surface area contributed by atoms with Gasteiger partial charge in [-0.1, -0.05) is 24.3 Å². The minimum Gasteiger partial charge on any atom is -0.386 e. The van der Waals surface area contributed by atoms with Crippen LogP contribution in [-0.4, -0.2) is 34.2 Å². The smallest absolute Gasteiger partial charge is 0.0982 e. The number of fused-ring (bicyclic) bond motifs is 1. The van der Waals surface area contributed by atoms with E-state index in [0.717, 1.165) is 25.6 Å². The Morgan fingerprint density at radius 3 is 2.89 bits per heavy atom. The number of aliphatic hydroxyl groups is 1. The number of rotatable bonds is 2. The Hall–Kier alpha value is -0.900. The van der Waals surface area contributed by atoms with Gasteiger partial charge in [-0.05, 0) is 37.3 Å². The molecular weight excluding hydrogens is 236 g/mol. The number of hydrogen-bond acceptors (Lipinski definition) is 3. The Kier molecular flexibility index (Phi) is 2.53. The van der Waals surface area contributed by atoms with Crippen molar-refractivity contribution < 1.29 is 5.11 Å². The fourth-order valence-electron chi connectivity index (χ4n) is 4.05. The van der Waals surface area contributed by atoms with E-state index in [9.17, 15) is 5.11 Å². The van der Waals surface area contributed by atoms with E-state index in [2.05, 4.69) is 41.4 Å². The second kappa shape index (κ2) is 4.05. The van der Waals surface area contributed by atoms with Crippen molar-refractivity contribution in [1.29, 1.82) is 0 Å². The minimum absolute atomic E-state index is 0.106. The van der Waals surface area contributed by atoms with E-state index in [1.165, 1.54) is 24.0 Å². The summed E-state index contributed by atoms with van der Waals surface area (Å²) >= 11 is 0. The fourth-order valence-corrected chi connectivity index (χ4v) is 4.05. The van der Waals surface area contributed by atoms with Crippen LogP contribution < -0.4 is 5.32 Å². The maximum absolute atomic E-state index is 11.2. The Morgan fingerprint density at radius 1 is 1.32 bits per heavy atom. The number of benzene rings is 1. The highest BCUT2D eigenvalue weighted by molar-refractivity contribution is 5.36. The van der Waals surface area contributed by atoms with Crippen molar-refractivity contribution in [1.82, 2.24) is 10.2 Å². The molecule has 2 N–H and O–H groups in total. The Bertz CT molecular complexity index is 499. The molecule has 3 aliphatic rings. The van der Waals surface area contributed by atoms with Crippen LogP contribution in [0.25, 0.3) is 0 Å². The van der Waals surface area contributed by atoms with Crippen LogP contribution in [0.3, 0.4) is 0 Å². The molecule has 0 aromatic heterocycles. The first-order valence-electron chi connectivity index (χ1n) is 7.47. The summed E-state index contributed by atoms with van der Waals surface area (Å²) in [4.78, 5) is 2.52. The fraction of sp³-hybridized carbons (Fsp3) is 0.625. The largest absolute Gasteiger partial charge is 0.386 e. The number of likely N-dealkylation sites (tertiary alicyclic amines) is 1. The van der Waals surface area contributed by atoms with Crippen molar-refractivity contribution in [3.8, 4) is 0 Å². The van der Waals surface area contributed by atoms with E-state index in [1.54, 1.807) is 0 Å². The second-order valence-electron chi connectivity index (χ2n) is 6.57. The first-order chi connectivity index (χ1) is 9.17. The van der Waals surface area contributed by atoms with Crippen molar-refractivity contribution in [2.24, 2.45) is 0 Å². The SMILES string of the molecule is CC1CC(O)(C2NCc3ccccc32)CN1C1CC1. The van der Waals surface area contributed by atoms with E-state index < -0.39 is 5.60 Å². The minimum atomic E-state index is -0.603. The summed E-state index contributed by atoms with van der Waals surface area (Å²) in [6.45, 7) is 3.98. The molecule has 2 heterocycles. The molecule has 0 radical (unpaired) electrons. The second-order valence-corrected chi connectivity index (χ2v) is 6.57. The lowest BCUT2D eigenvalue weighted by Crippen LogP contribution is -2.43. The van der Waals surface area contributed by atoms with Crippen molar-refractivity contribution in [3.05, 3.63) is 35.4 Å². The number of nitrogens with zero attached hydrogens (tertiary/aromatic N) is 1. The zero-order valence-electron chi connectivity index (χ0n) is 11.5. The van der Waals surface area contributed by atoms with Gasteiger partial charge in [-0.15, -0.1) is 0 Å². The van der Waals surface area contributed by atoms with Crippen LogP contribution in [0.5, 0.6) is 0 Å². The summed E-state index contributed by atoms with van der Waals surface area (Å²) in [7, 11) is 0. The Morgan fingerprint density at radius 2 is 2.11 bits per heavy atom. The van der Waals surface area contributed by atoms with E-state index >= 15 is 0 Å². The van der Waals surface area contributed by atoms with E-state index in [4.69, 9.17) is 0 Å². The van der Waals surface area contributed by atoms with E-state index in [-0.39, 0.29) is 6.04 Å². The lowest BCUT2D eigenvalue weighted by atomic mass is 9.87. The molecule has 0 spiro atoms. The zero-order chi connectivity index (χ0) is 13.0. The molecule has 0 amide bonds. The standard InChI is InChI=1S/C16H22N2O/c1-11-8-16(19,10-18(11)13-6-7-13)15-14-5-3-2-4-12(14)9-17-15/h2-5,11,13,15,17,19H,6-10H2,1H3. The van der Waals surface area contributed by atoms with E-state index in [0.29, 0.717) is 6.04 Å². The number of β-amino-alcohol motifs (C(OH)–C–C–N with tert-alkyl or cyclic N) is 1. The molecule has 102 valence electrons. The number of nitrogens with one attached hydrogen (secondary N) is 1. The molecule has 1 saturated heterocycles. The molecule has 2 fully saturated rings. The Balaban J connectivity index is 1.62. The first kappa shape index (κ1) is 11.9. The van der Waals surface area contributed by atoms with Crippen molar-refractivity contribution >= 4 is 0 Å². The molecule has 1 aromatic rings. The van der Waals surface area contributed by atoms with Gasteiger partial charge in [-0.3, -0.25) is 4.90 Å². The third-order valence-corrected chi connectivity index (χ3v) is 5.09. The maximum atomic E-state index is 11.2. The van der Waals surface area contributed by atoms with Gasteiger partial charge in [0.2, 0.25) is 0 Å². The van der Waals surface area contributed by atoms with Gasteiger partial charge in [-0.2, -0.15) is 0 Å². The normalized spacial score (nSPS) is 38.6. The molecule has 1 aliphatic carbocycles. The average Bonchev–Trinajstić information content (AvgIpc) is 3.06. The maximum Gasteiger partial charge on any atom is 0.0982 e. The van der Waals surface area contributed by atoms with Crippen LogP contribution in [0, 0.1) is 0 Å². The van der Waals surface area contributed by atoms with Crippen LogP contribution in [0.2, 0.25) is 0 Å². The third kappa shape index (κ3) is 1.83. The molecule has 3 heteroatoms. The topological polar surface area (TPSA) is 35.5 Å². The van der Waals surface area contributed by atoms with Crippen LogP contribution in [0.1, 0.15) is 43.4 Å². The lowest BCUT2D eigenvalue weighted by molar-refractivity contribution is 0.0122. The van der Waals surface area contributed by atoms with Crippen LogP contribution in [0.4, 0.5) is 0 Å². The molecule has 2 aliphatic heterocycles. The molecule has 0 bridgehead atoms. The molecule has 1 saturated carbocycles. The highest BCUT2D eigenvalue weighted by Crippen LogP contribution is 2.44. The Labute approximate surface area is 114 Å².